The van der Waals surface area contributed by atoms with Gasteiger partial charge in [-0.3, -0.25) is 9.80 Å². The summed E-state index contributed by atoms with van der Waals surface area (Å²) in [6, 6.07) is 4.56. The number of nitrogens with zero attached hydrogens (tertiary/aromatic N) is 3. The molecule has 0 spiro atoms. The molecule has 1 aromatic rings. The molecule has 5 nitrogen and oxygen atoms in total. The zero-order valence-corrected chi connectivity index (χ0v) is 18.0. The van der Waals surface area contributed by atoms with Crippen LogP contribution in [0.3, 0.4) is 0 Å². The molecule has 1 aliphatic rings. The van der Waals surface area contributed by atoms with Crippen molar-refractivity contribution in [1.82, 2.24) is 9.88 Å². The van der Waals surface area contributed by atoms with E-state index in [0.29, 0.717) is 24.3 Å². The van der Waals surface area contributed by atoms with Crippen LogP contribution in [0.25, 0.3) is 0 Å². The van der Waals surface area contributed by atoms with Crippen LogP contribution in [-0.4, -0.2) is 41.2 Å². The van der Waals surface area contributed by atoms with Crippen molar-refractivity contribution >= 4 is 11.9 Å². The molecule has 0 aliphatic carbocycles. The third kappa shape index (κ3) is 6.49. The number of carbonyl (C=O) groups excluding carboxylic acids is 1. The van der Waals surface area contributed by atoms with Gasteiger partial charge >= 0.3 is 6.09 Å². The third-order valence-corrected chi connectivity index (χ3v) is 4.76. The van der Waals surface area contributed by atoms with E-state index in [4.69, 9.17) is 4.74 Å². The molecule has 2 heterocycles. The van der Waals surface area contributed by atoms with Gasteiger partial charge in [-0.15, -0.1) is 0 Å². The smallest absolute Gasteiger partial charge is 0.416 e. The van der Waals surface area contributed by atoms with Crippen LogP contribution in [0.15, 0.2) is 18.3 Å². The summed E-state index contributed by atoms with van der Waals surface area (Å²) in [6.07, 6.45) is 6.51. The molecule has 1 saturated heterocycles. The molecule has 1 unspecified atom stereocenters. The maximum Gasteiger partial charge on any atom is 0.416 e. The van der Waals surface area contributed by atoms with Crippen molar-refractivity contribution in [2.24, 2.45) is 5.92 Å². The monoisotopic (exact) mass is 375 g/mol. The fraction of sp³-hybridized carbons (Fsp3) is 0.727. The molecule has 0 aromatic carbocycles. The number of amides is 1. The predicted molar refractivity (Wildman–Crippen MR) is 111 cm³/mol. The van der Waals surface area contributed by atoms with Crippen LogP contribution >= 0.6 is 0 Å². The Morgan fingerprint density at radius 3 is 2.67 bits per heavy atom. The first-order chi connectivity index (χ1) is 12.7. The molecule has 27 heavy (non-hydrogen) atoms. The van der Waals surface area contributed by atoms with Gasteiger partial charge in [-0.25, -0.2) is 9.78 Å². The van der Waals surface area contributed by atoms with Crippen LogP contribution in [0.5, 0.6) is 0 Å². The molecular formula is C22H37N3O2. The van der Waals surface area contributed by atoms with Gasteiger partial charge < -0.3 is 4.74 Å². The average Bonchev–Trinajstić information content (AvgIpc) is 3.04. The Hall–Kier alpha value is -1.62. The lowest BCUT2D eigenvalue weighted by molar-refractivity contribution is 0.0575. The van der Waals surface area contributed by atoms with Gasteiger partial charge in [-0.1, -0.05) is 33.3 Å². The summed E-state index contributed by atoms with van der Waals surface area (Å²) in [7, 11) is 0. The minimum atomic E-state index is -0.518. The lowest BCUT2D eigenvalue weighted by atomic mass is 10.1. The summed E-state index contributed by atoms with van der Waals surface area (Å²) >= 11 is 0. The van der Waals surface area contributed by atoms with Crippen molar-refractivity contribution in [3.8, 4) is 0 Å². The van der Waals surface area contributed by atoms with E-state index >= 15 is 0 Å². The van der Waals surface area contributed by atoms with E-state index in [0.717, 1.165) is 6.54 Å². The summed E-state index contributed by atoms with van der Waals surface area (Å²) in [5.41, 5.74) is 0.733. The van der Waals surface area contributed by atoms with Gasteiger partial charge in [-0.2, -0.15) is 0 Å². The number of hydrogen-bond donors (Lipinski definition) is 0. The van der Waals surface area contributed by atoms with E-state index in [1.165, 1.54) is 37.8 Å². The highest BCUT2D eigenvalue weighted by molar-refractivity contribution is 5.86. The fourth-order valence-corrected chi connectivity index (χ4v) is 3.53. The molecule has 1 amide bonds. The van der Waals surface area contributed by atoms with E-state index in [1.54, 1.807) is 4.90 Å². The molecule has 1 aliphatic heterocycles. The SMILES string of the molecule is CCCCN1CCCC1c1ccc(N(CC(C)C)C(=O)OC(C)(C)C)nc1. The highest BCUT2D eigenvalue weighted by Gasteiger charge is 2.27. The topological polar surface area (TPSA) is 45.7 Å². The van der Waals surface area contributed by atoms with Crippen LogP contribution < -0.4 is 4.90 Å². The van der Waals surface area contributed by atoms with E-state index in [-0.39, 0.29) is 6.09 Å². The highest BCUT2D eigenvalue weighted by Crippen LogP contribution is 2.32. The van der Waals surface area contributed by atoms with E-state index in [9.17, 15) is 4.79 Å². The first-order valence-corrected chi connectivity index (χ1v) is 10.4. The van der Waals surface area contributed by atoms with Gasteiger partial charge in [0.1, 0.15) is 11.4 Å². The second-order valence-electron chi connectivity index (χ2n) is 8.98. The molecule has 1 aromatic heterocycles. The summed E-state index contributed by atoms with van der Waals surface area (Å²) in [6.45, 7) is 15.0. The first-order valence-electron chi connectivity index (χ1n) is 10.4. The molecule has 2 rings (SSSR count). The molecule has 1 atom stereocenters. The third-order valence-electron chi connectivity index (χ3n) is 4.76. The van der Waals surface area contributed by atoms with E-state index in [2.05, 4.69) is 36.7 Å². The summed E-state index contributed by atoms with van der Waals surface area (Å²) < 4.78 is 5.59. The number of unbranched alkanes of at least 4 members (excludes halogenated alkanes) is 1. The Bertz CT molecular complexity index is 593. The molecule has 152 valence electrons. The standard InChI is InChI=1S/C22H37N3O2/c1-7-8-13-24-14-9-10-19(24)18-11-12-20(23-15-18)25(16-17(2)3)21(26)27-22(4,5)6/h11-12,15,17,19H,7-10,13-14,16H2,1-6H3. The summed E-state index contributed by atoms with van der Waals surface area (Å²) in [4.78, 5) is 21.5. The largest absolute Gasteiger partial charge is 0.443 e. The predicted octanol–water partition coefficient (Wildman–Crippen LogP) is 5.42. The van der Waals surface area contributed by atoms with Crippen molar-refractivity contribution in [1.29, 1.82) is 0 Å². The van der Waals surface area contributed by atoms with Gasteiger partial charge in [0.25, 0.3) is 0 Å². The number of anilines is 1. The number of ether oxygens (including phenoxy) is 1. The molecule has 1 fully saturated rings. The Balaban J connectivity index is 2.15. The average molecular weight is 376 g/mol. The first kappa shape index (κ1) is 21.7. The van der Waals surface area contributed by atoms with Crippen molar-refractivity contribution in [3.63, 3.8) is 0 Å². The Labute approximate surface area is 165 Å². The van der Waals surface area contributed by atoms with Crippen LogP contribution in [0.2, 0.25) is 0 Å². The molecule has 5 heteroatoms. The normalized spacial score (nSPS) is 18.1. The lowest BCUT2D eigenvalue weighted by Crippen LogP contribution is -2.39. The molecule has 0 saturated carbocycles. The Kier molecular flexibility index (Phi) is 7.66. The molecule has 0 bridgehead atoms. The molecule has 0 radical (unpaired) electrons. The fourth-order valence-electron chi connectivity index (χ4n) is 3.53. The van der Waals surface area contributed by atoms with Crippen LogP contribution in [0.1, 0.15) is 78.8 Å². The quantitative estimate of drug-likeness (QED) is 0.639. The van der Waals surface area contributed by atoms with Gasteiger partial charge in [0, 0.05) is 18.8 Å². The summed E-state index contributed by atoms with van der Waals surface area (Å²) in [5.74, 6) is 0.998. The maximum absolute atomic E-state index is 12.7. The minimum Gasteiger partial charge on any atom is -0.443 e. The number of aromatic nitrogens is 1. The van der Waals surface area contributed by atoms with Crippen LogP contribution in [-0.2, 0) is 4.74 Å². The van der Waals surface area contributed by atoms with Gasteiger partial charge in [0.05, 0.1) is 0 Å². The van der Waals surface area contributed by atoms with Gasteiger partial charge in [0.15, 0.2) is 0 Å². The number of rotatable bonds is 7. The molecular weight excluding hydrogens is 338 g/mol. The maximum atomic E-state index is 12.7. The lowest BCUT2D eigenvalue weighted by Gasteiger charge is -2.28. The van der Waals surface area contributed by atoms with Crippen molar-refractivity contribution in [3.05, 3.63) is 23.9 Å². The number of carbonyl (C=O) groups is 1. The Morgan fingerprint density at radius 1 is 1.37 bits per heavy atom. The highest BCUT2D eigenvalue weighted by atomic mass is 16.6. The van der Waals surface area contributed by atoms with E-state index in [1.807, 2.05) is 33.0 Å². The zero-order valence-electron chi connectivity index (χ0n) is 18.0. The minimum absolute atomic E-state index is 0.332. The Morgan fingerprint density at radius 2 is 2.11 bits per heavy atom. The van der Waals surface area contributed by atoms with E-state index < -0.39 is 5.60 Å². The summed E-state index contributed by atoms with van der Waals surface area (Å²) in [5, 5.41) is 0. The van der Waals surface area contributed by atoms with Crippen molar-refractivity contribution in [2.45, 2.75) is 78.9 Å². The molecule has 0 N–H and O–H groups in total. The van der Waals surface area contributed by atoms with Crippen molar-refractivity contribution in [2.75, 3.05) is 24.5 Å². The number of hydrogen-bond acceptors (Lipinski definition) is 4. The second kappa shape index (κ2) is 9.54. The number of pyridine rings is 1. The van der Waals surface area contributed by atoms with Crippen molar-refractivity contribution < 1.29 is 9.53 Å². The van der Waals surface area contributed by atoms with Crippen LogP contribution in [0.4, 0.5) is 10.6 Å². The second-order valence-corrected chi connectivity index (χ2v) is 8.98. The van der Waals surface area contributed by atoms with Crippen LogP contribution in [0, 0.1) is 5.92 Å². The number of likely N-dealkylation sites (tertiary alicyclic amines) is 1. The zero-order chi connectivity index (χ0) is 20.0. The van der Waals surface area contributed by atoms with Gasteiger partial charge in [0.2, 0.25) is 0 Å². The van der Waals surface area contributed by atoms with Gasteiger partial charge in [-0.05, 0) is 70.7 Å².